The fourth-order valence-electron chi connectivity index (χ4n) is 0.979. The van der Waals surface area contributed by atoms with Crippen LogP contribution in [0.5, 0.6) is 0 Å². The largest absolute Gasteiger partial charge is 0.349 e. The van der Waals surface area contributed by atoms with Crippen molar-refractivity contribution >= 4 is 0 Å². The van der Waals surface area contributed by atoms with E-state index < -0.39 is 5.69 Å². The van der Waals surface area contributed by atoms with Crippen LogP contribution in [-0.4, -0.2) is 9.24 Å². The van der Waals surface area contributed by atoms with E-state index in [1.165, 1.54) is 7.05 Å². The number of hydrogen-bond acceptors (Lipinski definition) is 3. The molecule has 5 nitrogen and oxygen atoms in total. The molecule has 0 atom stereocenters. The predicted octanol–water partition coefficient (Wildman–Crippen LogP) is -1.12. The summed E-state index contributed by atoms with van der Waals surface area (Å²) in [4.78, 5) is 22.4. The molecule has 0 saturated carbocycles. The highest BCUT2D eigenvalue weighted by Gasteiger charge is 2.07. The molecular formula is C7H11N3O2. The summed E-state index contributed by atoms with van der Waals surface area (Å²) in [5.74, 6) is 5.40. The summed E-state index contributed by atoms with van der Waals surface area (Å²) in [6.07, 6.45) is 0. The topological polar surface area (TPSA) is 70.0 Å². The van der Waals surface area contributed by atoms with Gasteiger partial charge in [-0.15, -0.1) is 0 Å². The van der Waals surface area contributed by atoms with Gasteiger partial charge in [-0.2, -0.15) is 0 Å². The van der Waals surface area contributed by atoms with Gasteiger partial charge in [0.15, 0.2) is 0 Å². The molecule has 0 aliphatic rings. The molecule has 0 spiro atoms. The van der Waals surface area contributed by atoms with E-state index in [1.54, 1.807) is 13.8 Å². The number of hydrogen-bond donors (Lipinski definition) is 1. The fraction of sp³-hybridized carbons (Fsp3) is 0.429. The van der Waals surface area contributed by atoms with Gasteiger partial charge in [-0.05, 0) is 13.8 Å². The summed E-state index contributed by atoms with van der Waals surface area (Å²) in [6, 6.07) is 0. The standard InChI is InChI=1S/C7H11N3O2/c1-4-5(2)10(8)7(12)9(3)6(4)11/h8H2,1-3H3. The highest BCUT2D eigenvalue weighted by atomic mass is 16.2. The first-order chi connectivity index (χ1) is 5.46. The van der Waals surface area contributed by atoms with Gasteiger partial charge in [0, 0.05) is 12.6 Å². The Morgan fingerprint density at radius 3 is 2.25 bits per heavy atom. The minimum atomic E-state index is -0.497. The molecule has 66 valence electrons. The Kier molecular flexibility index (Phi) is 1.79. The van der Waals surface area contributed by atoms with E-state index in [4.69, 9.17) is 5.84 Å². The summed E-state index contributed by atoms with van der Waals surface area (Å²) in [5, 5.41) is 0. The Balaban J connectivity index is 3.86. The van der Waals surface area contributed by atoms with Crippen molar-refractivity contribution in [1.82, 2.24) is 9.24 Å². The Bertz CT molecular complexity index is 390. The van der Waals surface area contributed by atoms with Gasteiger partial charge in [-0.25, -0.2) is 9.47 Å². The highest BCUT2D eigenvalue weighted by Crippen LogP contribution is 1.92. The maximum absolute atomic E-state index is 11.3. The number of rotatable bonds is 0. The number of nitrogen functional groups attached to an aromatic ring is 1. The molecule has 0 unspecified atom stereocenters. The third-order valence-electron chi connectivity index (χ3n) is 2.02. The van der Waals surface area contributed by atoms with Gasteiger partial charge < -0.3 is 5.84 Å². The van der Waals surface area contributed by atoms with Crippen LogP contribution < -0.4 is 17.1 Å². The van der Waals surface area contributed by atoms with Crippen LogP contribution in [0, 0.1) is 13.8 Å². The average molecular weight is 169 g/mol. The van der Waals surface area contributed by atoms with Crippen LogP contribution in [0.3, 0.4) is 0 Å². The van der Waals surface area contributed by atoms with Crippen molar-refractivity contribution in [1.29, 1.82) is 0 Å². The SMILES string of the molecule is Cc1c(C)n(N)c(=O)n(C)c1=O. The van der Waals surface area contributed by atoms with Crippen molar-refractivity contribution in [3.8, 4) is 0 Å². The molecule has 1 heterocycles. The summed E-state index contributed by atoms with van der Waals surface area (Å²) < 4.78 is 1.96. The van der Waals surface area contributed by atoms with Gasteiger partial charge in [-0.1, -0.05) is 0 Å². The molecule has 0 saturated heterocycles. The number of nitrogens with two attached hydrogens (primary N) is 1. The monoisotopic (exact) mass is 169 g/mol. The van der Waals surface area contributed by atoms with Crippen molar-refractivity contribution in [2.45, 2.75) is 13.8 Å². The zero-order valence-corrected chi connectivity index (χ0v) is 7.29. The fourth-order valence-corrected chi connectivity index (χ4v) is 0.979. The van der Waals surface area contributed by atoms with E-state index in [1.807, 2.05) is 0 Å². The zero-order valence-electron chi connectivity index (χ0n) is 7.29. The summed E-state index contributed by atoms with van der Waals surface area (Å²) in [5.41, 5.74) is 0.213. The molecule has 0 aliphatic heterocycles. The third kappa shape index (κ3) is 0.939. The molecule has 12 heavy (non-hydrogen) atoms. The van der Waals surface area contributed by atoms with E-state index in [-0.39, 0.29) is 5.56 Å². The first kappa shape index (κ1) is 8.58. The van der Waals surface area contributed by atoms with Gasteiger partial charge in [0.25, 0.3) is 5.56 Å². The van der Waals surface area contributed by atoms with Crippen molar-refractivity contribution < 1.29 is 0 Å². The summed E-state index contributed by atoms with van der Waals surface area (Å²) in [6.45, 7) is 3.28. The Morgan fingerprint density at radius 1 is 1.25 bits per heavy atom. The van der Waals surface area contributed by atoms with E-state index in [0.29, 0.717) is 11.3 Å². The molecule has 2 N–H and O–H groups in total. The minimum absolute atomic E-state index is 0.292. The number of nitrogens with zero attached hydrogens (tertiary/aromatic N) is 2. The Hall–Kier alpha value is -1.52. The van der Waals surface area contributed by atoms with E-state index in [0.717, 1.165) is 9.24 Å². The lowest BCUT2D eigenvalue weighted by molar-refractivity contribution is 0.684. The quantitative estimate of drug-likeness (QED) is 0.500. The first-order valence-electron chi connectivity index (χ1n) is 3.51. The van der Waals surface area contributed by atoms with Crippen LogP contribution >= 0.6 is 0 Å². The zero-order chi connectivity index (χ0) is 9.46. The molecule has 0 amide bonds. The molecule has 0 bridgehead atoms. The molecule has 0 aliphatic carbocycles. The number of aromatic nitrogens is 2. The molecule has 1 rings (SSSR count). The first-order valence-corrected chi connectivity index (χ1v) is 3.51. The second kappa shape index (κ2) is 2.51. The van der Waals surface area contributed by atoms with Crippen molar-refractivity contribution in [3.05, 3.63) is 32.1 Å². The highest BCUT2D eigenvalue weighted by molar-refractivity contribution is 5.14. The smallest absolute Gasteiger partial charge is 0.335 e. The Morgan fingerprint density at radius 2 is 1.75 bits per heavy atom. The third-order valence-corrected chi connectivity index (χ3v) is 2.02. The second-order valence-corrected chi connectivity index (χ2v) is 2.73. The normalized spacial score (nSPS) is 10.2. The van der Waals surface area contributed by atoms with Gasteiger partial charge >= 0.3 is 5.69 Å². The molecule has 0 radical (unpaired) electrons. The Labute approximate surface area is 69.0 Å². The van der Waals surface area contributed by atoms with Crippen LogP contribution in [0.2, 0.25) is 0 Å². The summed E-state index contributed by atoms with van der Waals surface area (Å²) >= 11 is 0. The van der Waals surface area contributed by atoms with Gasteiger partial charge in [-0.3, -0.25) is 9.36 Å². The van der Waals surface area contributed by atoms with E-state index in [2.05, 4.69) is 0 Å². The van der Waals surface area contributed by atoms with E-state index >= 15 is 0 Å². The van der Waals surface area contributed by atoms with Gasteiger partial charge in [0.05, 0.1) is 5.69 Å². The van der Waals surface area contributed by atoms with Crippen molar-refractivity contribution in [3.63, 3.8) is 0 Å². The van der Waals surface area contributed by atoms with Crippen molar-refractivity contribution in [2.75, 3.05) is 5.84 Å². The molecular weight excluding hydrogens is 158 g/mol. The van der Waals surface area contributed by atoms with E-state index in [9.17, 15) is 9.59 Å². The maximum Gasteiger partial charge on any atom is 0.349 e. The summed E-state index contributed by atoms with van der Waals surface area (Å²) in [7, 11) is 1.40. The average Bonchev–Trinajstić information content (AvgIpc) is 2.08. The lowest BCUT2D eigenvalue weighted by atomic mass is 10.3. The predicted molar refractivity (Wildman–Crippen MR) is 45.6 cm³/mol. The van der Waals surface area contributed by atoms with Crippen LogP contribution in [0.25, 0.3) is 0 Å². The second-order valence-electron chi connectivity index (χ2n) is 2.73. The van der Waals surface area contributed by atoms with Crippen LogP contribution in [-0.2, 0) is 7.05 Å². The van der Waals surface area contributed by atoms with Gasteiger partial charge in [0.2, 0.25) is 0 Å². The van der Waals surface area contributed by atoms with Gasteiger partial charge in [0.1, 0.15) is 0 Å². The van der Waals surface area contributed by atoms with Crippen molar-refractivity contribution in [2.24, 2.45) is 7.05 Å². The lowest BCUT2D eigenvalue weighted by Gasteiger charge is -2.07. The molecule has 1 aromatic rings. The molecule has 1 aromatic heterocycles. The maximum atomic E-state index is 11.3. The lowest BCUT2D eigenvalue weighted by Crippen LogP contribution is -2.43. The molecule has 0 aromatic carbocycles. The molecule has 0 fully saturated rings. The minimum Gasteiger partial charge on any atom is -0.335 e. The van der Waals surface area contributed by atoms with Crippen LogP contribution in [0.1, 0.15) is 11.3 Å². The van der Waals surface area contributed by atoms with Crippen LogP contribution in [0.15, 0.2) is 9.59 Å². The van der Waals surface area contributed by atoms with Crippen LogP contribution in [0.4, 0.5) is 0 Å². The molecule has 5 heteroatoms.